The first-order valence-electron chi connectivity index (χ1n) is 5.49. The van der Waals surface area contributed by atoms with Crippen LogP contribution >= 0.6 is 0 Å². The van der Waals surface area contributed by atoms with Gasteiger partial charge in [0.25, 0.3) is 0 Å². The number of nitrogens with zero attached hydrogens (tertiary/aromatic N) is 2. The SMILES string of the molecule is Cn1cc(NC(=O)NC(C(=O)O)C(C)(C)C)cn1. The van der Waals surface area contributed by atoms with Crippen LogP contribution in [-0.4, -0.2) is 32.9 Å². The molecule has 1 rings (SSSR count). The summed E-state index contributed by atoms with van der Waals surface area (Å²) in [5.74, 6) is -1.07. The molecule has 0 aliphatic rings. The summed E-state index contributed by atoms with van der Waals surface area (Å²) in [6.45, 7) is 5.24. The second kappa shape index (κ2) is 5.07. The van der Waals surface area contributed by atoms with E-state index in [0.717, 1.165) is 0 Å². The minimum absolute atomic E-state index is 0.507. The van der Waals surface area contributed by atoms with Crippen LogP contribution in [-0.2, 0) is 11.8 Å². The number of anilines is 1. The highest BCUT2D eigenvalue weighted by atomic mass is 16.4. The zero-order valence-electron chi connectivity index (χ0n) is 10.9. The fourth-order valence-electron chi connectivity index (χ4n) is 1.43. The van der Waals surface area contributed by atoms with E-state index in [4.69, 9.17) is 5.11 Å². The second-order valence-electron chi connectivity index (χ2n) is 5.14. The van der Waals surface area contributed by atoms with Crippen LogP contribution in [0.3, 0.4) is 0 Å². The Hall–Kier alpha value is -2.05. The van der Waals surface area contributed by atoms with Crippen molar-refractivity contribution in [3.05, 3.63) is 12.4 Å². The van der Waals surface area contributed by atoms with Crippen molar-refractivity contribution >= 4 is 17.7 Å². The van der Waals surface area contributed by atoms with Gasteiger partial charge in [0.15, 0.2) is 0 Å². The largest absolute Gasteiger partial charge is 0.480 e. The number of aliphatic carboxylic acids is 1. The Balaban J connectivity index is 2.65. The molecule has 0 saturated heterocycles. The van der Waals surface area contributed by atoms with Gasteiger partial charge in [0, 0.05) is 13.2 Å². The third kappa shape index (κ3) is 3.76. The molecule has 0 aliphatic carbocycles. The van der Waals surface area contributed by atoms with Crippen LogP contribution in [0.25, 0.3) is 0 Å². The summed E-state index contributed by atoms with van der Waals surface area (Å²) in [5.41, 5.74) is -0.0639. The monoisotopic (exact) mass is 254 g/mol. The van der Waals surface area contributed by atoms with Gasteiger partial charge in [-0.1, -0.05) is 20.8 Å². The van der Waals surface area contributed by atoms with Crippen LogP contribution in [0, 0.1) is 5.41 Å². The van der Waals surface area contributed by atoms with Crippen LogP contribution < -0.4 is 10.6 Å². The molecule has 1 unspecified atom stereocenters. The van der Waals surface area contributed by atoms with Crippen molar-refractivity contribution in [1.82, 2.24) is 15.1 Å². The molecule has 3 N–H and O–H groups in total. The molecule has 7 heteroatoms. The lowest BCUT2D eigenvalue weighted by atomic mass is 9.87. The summed E-state index contributed by atoms with van der Waals surface area (Å²) in [5, 5.41) is 17.9. The summed E-state index contributed by atoms with van der Waals surface area (Å²) in [4.78, 5) is 22.7. The summed E-state index contributed by atoms with van der Waals surface area (Å²) in [7, 11) is 1.72. The van der Waals surface area contributed by atoms with E-state index in [1.807, 2.05) is 0 Å². The number of aromatic nitrogens is 2. The average Bonchev–Trinajstić information content (AvgIpc) is 2.58. The van der Waals surface area contributed by atoms with Gasteiger partial charge in [-0.2, -0.15) is 5.10 Å². The molecule has 1 heterocycles. The predicted octanol–water partition coefficient (Wildman–Crippen LogP) is 1.04. The second-order valence-corrected chi connectivity index (χ2v) is 5.14. The third-order valence-electron chi connectivity index (χ3n) is 2.35. The summed E-state index contributed by atoms with van der Waals surface area (Å²) >= 11 is 0. The van der Waals surface area contributed by atoms with Crippen molar-refractivity contribution in [3.63, 3.8) is 0 Å². The molecular formula is C11H18N4O3. The third-order valence-corrected chi connectivity index (χ3v) is 2.35. The van der Waals surface area contributed by atoms with E-state index in [-0.39, 0.29) is 0 Å². The molecule has 0 saturated carbocycles. The Morgan fingerprint density at radius 3 is 2.44 bits per heavy atom. The molecule has 1 aromatic rings. The van der Waals surface area contributed by atoms with Crippen LogP contribution in [0.1, 0.15) is 20.8 Å². The molecule has 0 fully saturated rings. The van der Waals surface area contributed by atoms with Crippen molar-refractivity contribution in [2.24, 2.45) is 12.5 Å². The minimum Gasteiger partial charge on any atom is -0.480 e. The quantitative estimate of drug-likeness (QED) is 0.751. The highest BCUT2D eigenvalue weighted by Gasteiger charge is 2.32. The van der Waals surface area contributed by atoms with Crippen LogP contribution in [0.2, 0.25) is 0 Å². The summed E-state index contributed by atoms with van der Waals surface area (Å²) in [6.07, 6.45) is 3.10. The standard InChI is InChI=1S/C11H18N4O3/c1-11(2,3)8(9(16)17)14-10(18)13-7-5-12-15(4)6-7/h5-6,8H,1-4H3,(H,16,17)(H2,13,14,18). The van der Waals surface area contributed by atoms with Gasteiger partial charge in [0.2, 0.25) is 0 Å². The number of hydrogen-bond acceptors (Lipinski definition) is 3. The number of carboxylic acid groups (broad SMARTS) is 1. The first-order chi connectivity index (χ1) is 8.20. The highest BCUT2D eigenvalue weighted by molar-refractivity contribution is 5.92. The number of carboxylic acids is 1. The maximum Gasteiger partial charge on any atom is 0.326 e. The Morgan fingerprint density at radius 1 is 1.44 bits per heavy atom. The van der Waals surface area contributed by atoms with E-state index < -0.39 is 23.5 Å². The number of urea groups is 1. The molecule has 18 heavy (non-hydrogen) atoms. The predicted molar refractivity (Wildman–Crippen MR) is 66.2 cm³/mol. The Bertz CT molecular complexity index is 447. The molecule has 2 amide bonds. The van der Waals surface area contributed by atoms with Crippen molar-refractivity contribution in [2.75, 3.05) is 5.32 Å². The fourth-order valence-corrected chi connectivity index (χ4v) is 1.43. The topological polar surface area (TPSA) is 96.2 Å². The fraction of sp³-hybridized carbons (Fsp3) is 0.545. The number of aryl methyl sites for hydroxylation is 1. The Morgan fingerprint density at radius 2 is 2.06 bits per heavy atom. The van der Waals surface area contributed by atoms with E-state index in [1.165, 1.54) is 10.9 Å². The van der Waals surface area contributed by atoms with Gasteiger partial charge < -0.3 is 15.7 Å². The molecule has 0 radical (unpaired) electrons. The Kier molecular flexibility index (Phi) is 3.95. The molecule has 1 aromatic heterocycles. The summed E-state index contributed by atoms with van der Waals surface area (Å²) < 4.78 is 1.54. The number of carbonyl (C=O) groups excluding carboxylic acids is 1. The Labute approximate surface area is 105 Å². The van der Waals surface area contributed by atoms with E-state index in [1.54, 1.807) is 34.0 Å². The van der Waals surface area contributed by atoms with Gasteiger partial charge in [0.05, 0.1) is 11.9 Å². The molecule has 1 atom stereocenters. The van der Waals surface area contributed by atoms with Gasteiger partial charge in [-0.15, -0.1) is 0 Å². The average molecular weight is 254 g/mol. The van der Waals surface area contributed by atoms with E-state index >= 15 is 0 Å². The summed E-state index contributed by atoms with van der Waals surface area (Å²) in [6, 6.07) is -1.53. The minimum atomic E-state index is -1.07. The highest BCUT2D eigenvalue weighted by Crippen LogP contribution is 2.19. The number of rotatable bonds is 3. The van der Waals surface area contributed by atoms with E-state index in [9.17, 15) is 9.59 Å². The van der Waals surface area contributed by atoms with E-state index in [2.05, 4.69) is 15.7 Å². The van der Waals surface area contributed by atoms with Crippen molar-refractivity contribution in [3.8, 4) is 0 Å². The van der Waals surface area contributed by atoms with Crippen LogP contribution in [0.4, 0.5) is 10.5 Å². The van der Waals surface area contributed by atoms with Gasteiger partial charge in [-0.25, -0.2) is 9.59 Å². The van der Waals surface area contributed by atoms with Gasteiger partial charge in [0.1, 0.15) is 6.04 Å². The lowest BCUT2D eigenvalue weighted by molar-refractivity contribution is -0.141. The smallest absolute Gasteiger partial charge is 0.326 e. The zero-order valence-corrected chi connectivity index (χ0v) is 10.9. The molecule has 0 aromatic carbocycles. The maximum absolute atomic E-state index is 11.7. The van der Waals surface area contributed by atoms with Gasteiger partial charge in [-0.3, -0.25) is 4.68 Å². The first-order valence-corrected chi connectivity index (χ1v) is 5.49. The molecular weight excluding hydrogens is 236 g/mol. The van der Waals surface area contributed by atoms with Crippen molar-refractivity contribution in [1.29, 1.82) is 0 Å². The number of amides is 2. The van der Waals surface area contributed by atoms with Crippen LogP contribution in [0.15, 0.2) is 12.4 Å². The van der Waals surface area contributed by atoms with E-state index in [0.29, 0.717) is 5.69 Å². The van der Waals surface area contributed by atoms with Crippen molar-refractivity contribution < 1.29 is 14.7 Å². The van der Waals surface area contributed by atoms with Gasteiger partial charge in [-0.05, 0) is 5.41 Å². The molecule has 0 aliphatic heterocycles. The molecule has 0 bridgehead atoms. The van der Waals surface area contributed by atoms with Crippen LogP contribution in [0.5, 0.6) is 0 Å². The number of hydrogen-bond donors (Lipinski definition) is 3. The maximum atomic E-state index is 11.7. The lowest BCUT2D eigenvalue weighted by Crippen LogP contribution is -2.50. The zero-order chi connectivity index (χ0) is 13.9. The number of carbonyl (C=O) groups is 2. The molecule has 7 nitrogen and oxygen atoms in total. The molecule has 100 valence electrons. The normalized spacial score (nSPS) is 12.9. The lowest BCUT2D eigenvalue weighted by Gasteiger charge is -2.27. The first kappa shape index (κ1) is 14.0. The van der Waals surface area contributed by atoms with Crippen molar-refractivity contribution in [2.45, 2.75) is 26.8 Å². The van der Waals surface area contributed by atoms with Gasteiger partial charge >= 0.3 is 12.0 Å². The number of nitrogens with one attached hydrogen (secondary N) is 2. The molecule has 0 spiro atoms.